The van der Waals surface area contributed by atoms with E-state index in [1.807, 2.05) is 36.6 Å². The summed E-state index contributed by atoms with van der Waals surface area (Å²) in [6.45, 7) is 1.87. The summed E-state index contributed by atoms with van der Waals surface area (Å²) < 4.78 is 6.49. The van der Waals surface area contributed by atoms with Crippen LogP contribution >= 0.6 is 33.9 Å². The zero-order chi connectivity index (χ0) is 13.0. The van der Waals surface area contributed by atoms with Crippen LogP contribution in [-0.2, 0) is 4.79 Å². The molecular weight excluding hydrogens is 363 g/mol. The molecule has 0 aliphatic rings. The van der Waals surface area contributed by atoms with Gasteiger partial charge >= 0.3 is 0 Å². The van der Waals surface area contributed by atoms with Crippen LogP contribution in [-0.4, -0.2) is 17.5 Å². The number of carbonyl (C=O) groups excluding carboxylic acids is 1. The van der Waals surface area contributed by atoms with Crippen LogP contribution in [0.5, 0.6) is 5.75 Å². The molecule has 1 aromatic carbocycles. The van der Waals surface area contributed by atoms with Gasteiger partial charge in [0.1, 0.15) is 5.75 Å². The maximum Gasteiger partial charge on any atom is 0.264 e. The van der Waals surface area contributed by atoms with Crippen LogP contribution in [0.4, 0.5) is 5.13 Å². The van der Waals surface area contributed by atoms with E-state index in [9.17, 15) is 4.79 Å². The molecule has 1 amide bonds. The fourth-order valence-electron chi connectivity index (χ4n) is 1.25. The first kappa shape index (κ1) is 13.3. The Bertz CT molecular complexity index is 539. The van der Waals surface area contributed by atoms with Gasteiger partial charge in [-0.1, -0.05) is 0 Å². The molecule has 4 nitrogen and oxygen atoms in total. The van der Waals surface area contributed by atoms with E-state index in [0.29, 0.717) is 10.9 Å². The molecule has 2 aromatic rings. The van der Waals surface area contributed by atoms with Crippen LogP contribution in [0.1, 0.15) is 5.69 Å². The van der Waals surface area contributed by atoms with Crippen molar-refractivity contribution in [2.45, 2.75) is 6.92 Å². The van der Waals surface area contributed by atoms with Crippen molar-refractivity contribution in [2.24, 2.45) is 0 Å². The monoisotopic (exact) mass is 374 g/mol. The Morgan fingerprint density at radius 1 is 1.44 bits per heavy atom. The van der Waals surface area contributed by atoms with Gasteiger partial charge in [0.05, 0.1) is 5.69 Å². The van der Waals surface area contributed by atoms with Crippen molar-refractivity contribution < 1.29 is 9.53 Å². The van der Waals surface area contributed by atoms with E-state index in [0.717, 1.165) is 9.26 Å². The summed E-state index contributed by atoms with van der Waals surface area (Å²) in [5.41, 5.74) is 0.897. The first-order chi connectivity index (χ1) is 8.63. The topological polar surface area (TPSA) is 51.2 Å². The molecule has 6 heteroatoms. The molecule has 0 aliphatic heterocycles. The summed E-state index contributed by atoms with van der Waals surface area (Å²) in [6.07, 6.45) is 0. The van der Waals surface area contributed by atoms with Crippen molar-refractivity contribution in [1.29, 1.82) is 0 Å². The Morgan fingerprint density at radius 2 is 2.17 bits per heavy atom. The average molecular weight is 374 g/mol. The highest BCUT2D eigenvalue weighted by atomic mass is 127. The van der Waals surface area contributed by atoms with E-state index in [-0.39, 0.29) is 12.5 Å². The van der Waals surface area contributed by atoms with E-state index < -0.39 is 0 Å². The van der Waals surface area contributed by atoms with E-state index in [1.54, 1.807) is 0 Å². The van der Waals surface area contributed by atoms with Crippen LogP contribution in [0.15, 0.2) is 29.6 Å². The highest BCUT2D eigenvalue weighted by Gasteiger charge is 2.06. The zero-order valence-electron chi connectivity index (χ0n) is 9.64. The Labute approximate surface area is 123 Å². The van der Waals surface area contributed by atoms with Crippen molar-refractivity contribution in [3.8, 4) is 5.75 Å². The van der Waals surface area contributed by atoms with E-state index >= 15 is 0 Å². The Hall–Kier alpha value is -1.15. The van der Waals surface area contributed by atoms with Crippen molar-refractivity contribution in [3.63, 3.8) is 0 Å². The summed E-state index contributed by atoms with van der Waals surface area (Å²) >= 11 is 3.62. The van der Waals surface area contributed by atoms with Gasteiger partial charge in [0.2, 0.25) is 0 Å². The molecule has 0 spiro atoms. The third-order valence-corrected chi connectivity index (χ3v) is 3.64. The highest BCUT2D eigenvalue weighted by molar-refractivity contribution is 14.1. The molecule has 0 saturated heterocycles. The predicted octanol–water partition coefficient (Wildman–Crippen LogP) is 3.07. The van der Waals surface area contributed by atoms with Gasteiger partial charge in [-0.15, -0.1) is 11.3 Å². The second-order valence-corrected chi connectivity index (χ2v) is 5.69. The molecule has 94 valence electrons. The molecule has 0 radical (unpaired) electrons. The van der Waals surface area contributed by atoms with E-state index in [1.165, 1.54) is 11.3 Å². The van der Waals surface area contributed by atoms with Crippen LogP contribution in [0.3, 0.4) is 0 Å². The van der Waals surface area contributed by atoms with Crippen molar-refractivity contribution in [2.75, 3.05) is 11.9 Å². The summed E-state index contributed by atoms with van der Waals surface area (Å²) in [6, 6.07) is 7.53. The number of nitrogens with zero attached hydrogens (tertiary/aromatic N) is 1. The molecular formula is C12H11IN2O2S. The maximum atomic E-state index is 11.6. The molecule has 0 atom stereocenters. The highest BCUT2D eigenvalue weighted by Crippen LogP contribution is 2.15. The smallest absolute Gasteiger partial charge is 0.264 e. The van der Waals surface area contributed by atoms with Crippen LogP contribution < -0.4 is 10.1 Å². The molecule has 18 heavy (non-hydrogen) atoms. The zero-order valence-corrected chi connectivity index (χ0v) is 12.6. The lowest BCUT2D eigenvalue weighted by Gasteiger charge is -2.05. The predicted molar refractivity (Wildman–Crippen MR) is 80.1 cm³/mol. The molecule has 0 aliphatic carbocycles. The minimum Gasteiger partial charge on any atom is -0.484 e. The van der Waals surface area contributed by atoms with Gasteiger partial charge in [-0.25, -0.2) is 4.98 Å². The van der Waals surface area contributed by atoms with Gasteiger partial charge < -0.3 is 4.74 Å². The van der Waals surface area contributed by atoms with Gasteiger partial charge in [-0.2, -0.15) is 0 Å². The normalized spacial score (nSPS) is 10.1. The summed E-state index contributed by atoms with van der Waals surface area (Å²) in [4.78, 5) is 15.7. The summed E-state index contributed by atoms with van der Waals surface area (Å²) in [5, 5.41) is 5.17. The number of benzene rings is 1. The number of aromatic nitrogens is 1. The maximum absolute atomic E-state index is 11.6. The molecule has 0 saturated carbocycles. The van der Waals surface area contributed by atoms with Gasteiger partial charge in [0, 0.05) is 8.95 Å². The minimum absolute atomic E-state index is 0.0147. The van der Waals surface area contributed by atoms with Gasteiger partial charge in [0.15, 0.2) is 11.7 Å². The van der Waals surface area contributed by atoms with Crippen molar-refractivity contribution in [3.05, 3.63) is 38.9 Å². The molecule has 1 heterocycles. The van der Waals surface area contributed by atoms with Gasteiger partial charge in [0.25, 0.3) is 5.91 Å². The fourth-order valence-corrected chi connectivity index (χ4v) is 2.31. The van der Waals surface area contributed by atoms with E-state index in [2.05, 4.69) is 32.9 Å². The number of hydrogen-bond acceptors (Lipinski definition) is 4. The van der Waals surface area contributed by atoms with Gasteiger partial charge in [-0.05, 0) is 53.8 Å². The quantitative estimate of drug-likeness (QED) is 0.837. The largest absolute Gasteiger partial charge is 0.484 e. The number of nitrogens with one attached hydrogen (secondary N) is 1. The summed E-state index contributed by atoms with van der Waals surface area (Å²) in [7, 11) is 0. The minimum atomic E-state index is -0.206. The molecule has 0 bridgehead atoms. The third-order valence-electron chi connectivity index (χ3n) is 2.05. The number of carbonyl (C=O) groups is 1. The lowest BCUT2D eigenvalue weighted by molar-refractivity contribution is -0.118. The third kappa shape index (κ3) is 3.95. The number of amides is 1. The lowest BCUT2D eigenvalue weighted by Crippen LogP contribution is -2.20. The molecule has 0 unspecified atom stereocenters. The van der Waals surface area contributed by atoms with Crippen molar-refractivity contribution >= 4 is 45.0 Å². The van der Waals surface area contributed by atoms with Crippen LogP contribution in [0.25, 0.3) is 0 Å². The number of rotatable bonds is 4. The van der Waals surface area contributed by atoms with Gasteiger partial charge in [-0.3, -0.25) is 10.1 Å². The average Bonchev–Trinajstić information content (AvgIpc) is 2.74. The molecule has 0 fully saturated rings. The van der Waals surface area contributed by atoms with Crippen molar-refractivity contribution in [1.82, 2.24) is 4.98 Å². The Balaban J connectivity index is 1.83. The fraction of sp³-hybridized carbons (Fsp3) is 0.167. The number of ether oxygens (including phenoxy) is 1. The number of anilines is 1. The van der Waals surface area contributed by atoms with Crippen LogP contribution in [0.2, 0.25) is 0 Å². The molecule has 2 rings (SSSR count). The number of thiazole rings is 1. The Morgan fingerprint density at radius 3 is 2.78 bits per heavy atom. The number of aryl methyl sites for hydroxylation is 1. The number of halogens is 1. The molecule has 1 N–H and O–H groups in total. The Kier molecular flexibility index (Phi) is 4.54. The number of hydrogen-bond donors (Lipinski definition) is 1. The first-order valence-corrected chi connectivity index (χ1v) is 7.19. The second kappa shape index (κ2) is 6.14. The lowest BCUT2D eigenvalue weighted by atomic mass is 10.3. The summed E-state index contributed by atoms with van der Waals surface area (Å²) in [5.74, 6) is 0.476. The SMILES string of the molecule is Cc1csc(NC(=O)COc2ccc(I)cc2)n1. The van der Waals surface area contributed by atoms with E-state index in [4.69, 9.17) is 4.74 Å². The molecule has 1 aromatic heterocycles. The second-order valence-electron chi connectivity index (χ2n) is 3.58. The first-order valence-electron chi connectivity index (χ1n) is 5.24. The standard InChI is InChI=1S/C12H11IN2O2S/c1-8-7-18-12(14-8)15-11(16)6-17-10-4-2-9(13)3-5-10/h2-5,7H,6H2,1H3,(H,14,15,16). The van der Waals surface area contributed by atoms with Crippen LogP contribution in [0, 0.1) is 10.5 Å².